The van der Waals surface area contributed by atoms with E-state index in [-0.39, 0.29) is 6.54 Å². The van der Waals surface area contributed by atoms with Crippen molar-refractivity contribution in [3.63, 3.8) is 0 Å². The molecule has 16 heavy (non-hydrogen) atoms. The Bertz CT molecular complexity index is 430. The van der Waals surface area contributed by atoms with Crippen LogP contribution in [0.2, 0.25) is 0 Å². The predicted octanol–water partition coefficient (Wildman–Crippen LogP) is 0.440. The number of hydrogen-bond acceptors (Lipinski definition) is 2. The molecule has 0 unspecified atom stereocenters. The number of primary amides is 1. The Morgan fingerprint density at radius 2 is 2.06 bits per heavy atom. The van der Waals surface area contributed by atoms with Gasteiger partial charge in [-0.15, -0.1) is 0 Å². The van der Waals surface area contributed by atoms with E-state index < -0.39 is 17.6 Å². The standard InChI is InChI=1S/C11H11FN2O2/c12-9-4-2-1-3-8(9)5-6-11(16)14-7-10(13)15/h1-6H,7H2,(H2,13,15)(H,14,16). The van der Waals surface area contributed by atoms with Gasteiger partial charge in [0.2, 0.25) is 11.8 Å². The Morgan fingerprint density at radius 1 is 1.38 bits per heavy atom. The van der Waals surface area contributed by atoms with Crippen molar-refractivity contribution in [2.45, 2.75) is 0 Å². The molecule has 0 fully saturated rings. The van der Waals surface area contributed by atoms with Gasteiger partial charge in [0.15, 0.2) is 0 Å². The minimum Gasteiger partial charge on any atom is -0.368 e. The van der Waals surface area contributed by atoms with E-state index in [1.807, 2.05) is 0 Å². The number of amides is 2. The molecule has 0 bridgehead atoms. The van der Waals surface area contributed by atoms with Gasteiger partial charge in [-0.05, 0) is 12.1 Å². The fraction of sp³-hybridized carbons (Fsp3) is 0.0909. The topological polar surface area (TPSA) is 72.2 Å². The Labute approximate surface area is 91.9 Å². The van der Waals surface area contributed by atoms with Gasteiger partial charge in [0, 0.05) is 11.6 Å². The summed E-state index contributed by atoms with van der Waals surface area (Å²) in [5.74, 6) is -1.55. The number of carbonyl (C=O) groups excluding carboxylic acids is 2. The smallest absolute Gasteiger partial charge is 0.244 e. The van der Waals surface area contributed by atoms with Crippen LogP contribution in [0.15, 0.2) is 30.3 Å². The molecule has 0 aliphatic rings. The number of carbonyl (C=O) groups is 2. The van der Waals surface area contributed by atoms with Gasteiger partial charge >= 0.3 is 0 Å². The van der Waals surface area contributed by atoms with Gasteiger partial charge in [-0.1, -0.05) is 18.2 Å². The van der Waals surface area contributed by atoms with Gasteiger partial charge in [0.1, 0.15) is 5.82 Å². The number of halogens is 1. The molecule has 4 nitrogen and oxygen atoms in total. The Hall–Kier alpha value is -2.17. The highest BCUT2D eigenvalue weighted by molar-refractivity contribution is 5.94. The molecule has 0 radical (unpaired) electrons. The fourth-order valence-electron chi connectivity index (χ4n) is 1.01. The summed E-state index contributed by atoms with van der Waals surface area (Å²) in [7, 11) is 0. The van der Waals surface area contributed by atoms with Crippen molar-refractivity contribution in [2.75, 3.05) is 6.54 Å². The van der Waals surface area contributed by atoms with Crippen molar-refractivity contribution in [1.82, 2.24) is 5.32 Å². The van der Waals surface area contributed by atoms with Crippen molar-refractivity contribution >= 4 is 17.9 Å². The summed E-state index contributed by atoms with van der Waals surface area (Å²) in [5, 5.41) is 2.25. The molecule has 0 heterocycles. The normalized spacial score (nSPS) is 10.3. The lowest BCUT2D eigenvalue weighted by Crippen LogP contribution is -2.32. The molecule has 1 aromatic carbocycles. The summed E-state index contributed by atoms with van der Waals surface area (Å²) in [6.07, 6.45) is 2.47. The van der Waals surface area contributed by atoms with Gasteiger partial charge in [0.05, 0.1) is 6.54 Å². The maximum Gasteiger partial charge on any atom is 0.244 e. The summed E-state index contributed by atoms with van der Waals surface area (Å²) in [6.45, 7) is -0.236. The lowest BCUT2D eigenvalue weighted by Gasteiger charge is -1.97. The molecule has 0 atom stereocenters. The number of nitrogens with two attached hydrogens (primary N) is 1. The van der Waals surface area contributed by atoms with Crippen LogP contribution in [0, 0.1) is 5.82 Å². The largest absolute Gasteiger partial charge is 0.368 e. The van der Waals surface area contributed by atoms with Crippen LogP contribution < -0.4 is 11.1 Å². The first-order chi connectivity index (χ1) is 7.59. The molecule has 1 rings (SSSR count). The maximum absolute atomic E-state index is 13.1. The quantitative estimate of drug-likeness (QED) is 0.725. The van der Waals surface area contributed by atoms with Gasteiger partial charge in [-0.3, -0.25) is 9.59 Å². The number of benzene rings is 1. The first-order valence-electron chi connectivity index (χ1n) is 4.58. The van der Waals surface area contributed by atoms with Crippen LogP contribution in [0.1, 0.15) is 5.56 Å². The van der Waals surface area contributed by atoms with E-state index in [1.165, 1.54) is 18.2 Å². The average molecular weight is 222 g/mol. The molecule has 1 aromatic rings. The summed E-state index contributed by atoms with van der Waals surface area (Å²) >= 11 is 0. The van der Waals surface area contributed by atoms with Crippen LogP contribution >= 0.6 is 0 Å². The summed E-state index contributed by atoms with van der Waals surface area (Å²) in [6, 6.07) is 6.04. The molecule has 0 aliphatic carbocycles. The first-order valence-corrected chi connectivity index (χ1v) is 4.58. The molecule has 84 valence electrons. The summed E-state index contributed by atoms with van der Waals surface area (Å²) < 4.78 is 13.1. The van der Waals surface area contributed by atoms with E-state index in [0.717, 1.165) is 6.08 Å². The average Bonchev–Trinajstić information content (AvgIpc) is 2.25. The zero-order valence-corrected chi connectivity index (χ0v) is 8.44. The zero-order chi connectivity index (χ0) is 12.0. The summed E-state index contributed by atoms with van der Waals surface area (Å²) in [5.41, 5.74) is 5.14. The van der Waals surface area contributed by atoms with E-state index in [1.54, 1.807) is 12.1 Å². The molecule has 0 aliphatic heterocycles. The van der Waals surface area contributed by atoms with Gasteiger partial charge in [-0.2, -0.15) is 0 Å². The Morgan fingerprint density at radius 3 is 2.69 bits per heavy atom. The van der Waals surface area contributed by atoms with Gasteiger partial charge in [-0.25, -0.2) is 4.39 Å². The number of nitrogens with one attached hydrogen (secondary N) is 1. The molecule has 5 heteroatoms. The Kier molecular flexibility index (Phi) is 4.20. The predicted molar refractivity (Wildman–Crippen MR) is 57.6 cm³/mol. The van der Waals surface area contributed by atoms with E-state index in [0.29, 0.717) is 5.56 Å². The molecule has 2 amide bonds. The zero-order valence-electron chi connectivity index (χ0n) is 8.44. The van der Waals surface area contributed by atoms with Crippen LogP contribution in [0.3, 0.4) is 0 Å². The molecule has 0 aromatic heterocycles. The maximum atomic E-state index is 13.1. The monoisotopic (exact) mass is 222 g/mol. The van der Waals surface area contributed by atoms with E-state index in [9.17, 15) is 14.0 Å². The number of rotatable bonds is 4. The molecular formula is C11H11FN2O2. The number of hydrogen-bond donors (Lipinski definition) is 2. The third-order valence-electron chi connectivity index (χ3n) is 1.76. The van der Waals surface area contributed by atoms with Crippen LogP contribution in [-0.2, 0) is 9.59 Å². The lowest BCUT2D eigenvalue weighted by molar-refractivity contribution is -0.122. The fourth-order valence-corrected chi connectivity index (χ4v) is 1.01. The second-order valence-corrected chi connectivity index (χ2v) is 3.04. The Balaban J connectivity index is 2.57. The van der Waals surface area contributed by atoms with Crippen molar-refractivity contribution in [3.05, 3.63) is 41.7 Å². The van der Waals surface area contributed by atoms with E-state index >= 15 is 0 Å². The molecule has 0 saturated carbocycles. The van der Waals surface area contributed by atoms with Crippen LogP contribution in [0.4, 0.5) is 4.39 Å². The lowest BCUT2D eigenvalue weighted by atomic mass is 10.2. The molecular weight excluding hydrogens is 211 g/mol. The van der Waals surface area contributed by atoms with Crippen LogP contribution in [0.5, 0.6) is 0 Å². The van der Waals surface area contributed by atoms with E-state index in [2.05, 4.69) is 5.32 Å². The molecule has 0 saturated heterocycles. The third kappa shape index (κ3) is 3.91. The summed E-state index contributed by atoms with van der Waals surface area (Å²) in [4.78, 5) is 21.5. The highest BCUT2D eigenvalue weighted by Crippen LogP contribution is 2.07. The first kappa shape index (κ1) is 11.9. The van der Waals surface area contributed by atoms with Crippen molar-refractivity contribution in [3.8, 4) is 0 Å². The van der Waals surface area contributed by atoms with Crippen molar-refractivity contribution in [1.29, 1.82) is 0 Å². The minimum absolute atomic E-state index is 0.236. The third-order valence-corrected chi connectivity index (χ3v) is 1.76. The van der Waals surface area contributed by atoms with Crippen LogP contribution in [-0.4, -0.2) is 18.4 Å². The minimum atomic E-state index is -0.632. The van der Waals surface area contributed by atoms with Gasteiger partial charge in [0.25, 0.3) is 0 Å². The van der Waals surface area contributed by atoms with Crippen molar-refractivity contribution < 1.29 is 14.0 Å². The molecule has 3 N–H and O–H groups in total. The van der Waals surface area contributed by atoms with E-state index in [4.69, 9.17) is 5.73 Å². The van der Waals surface area contributed by atoms with Crippen molar-refractivity contribution in [2.24, 2.45) is 5.73 Å². The molecule has 0 spiro atoms. The van der Waals surface area contributed by atoms with Gasteiger partial charge < -0.3 is 11.1 Å². The second-order valence-electron chi connectivity index (χ2n) is 3.04. The SMILES string of the molecule is NC(=O)CNC(=O)C=Cc1ccccc1F. The second kappa shape index (κ2) is 5.65. The highest BCUT2D eigenvalue weighted by Gasteiger charge is 1.99. The van der Waals surface area contributed by atoms with Crippen LogP contribution in [0.25, 0.3) is 6.08 Å². The highest BCUT2D eigenvalue weighted by atomic mass is 19.1.